The summed E-state index contributed by atoms with van der Waals surface area (Å²) in [5, 5.41) is 12.4. The number of thioether (sulfide) groups is 1. The van der Waals surface area contributed by atoms with E-state index in [0.717, 1.165) is 38.5 Å². The molecular weight excluding hydrogens is 516 g/mol. The van der Waals surface area contributed by atoms with Gasteiger partial charge in [0.2, 0.25) is 5.91 Å². The monoisotopic (exact) mass is 538 g/mol. The normalized spacial score (nSPS) is 10.7. The number of rotatable bonds is 8. The van der Waals surface area contributed by atoms with E-state index in [1.165, 1.54) is 11.8 Å². The van der Waals surface area contributed by atoms with E-state index in [0.29, 0.717) is 11.0 Å². The molecule has 0 unspecified atom stereocenters. The van der Waals surface area contributed by atoms with Gasteiger partial charge in [-0.2, -0.15) is 0 Å². The van der Waals surface area contributed by atoms with Crippen LogP contribution in [0.15, 0.2) is 76.4 Å². The quantitative estimate of drug-likeness (QED) is 0.287. The Bertz CT molecular complexity index is 1310. The fourth-order valence-corrected chi connectivity index (χ4v) is 4.59. The smallest absolute Gasteiger partial charge is 0.234 e. The molecule has 4 aromatic rings. The van der Waals surface area contributed by atoms with E-state index in [1.54, 1.807) is 14.2 Å². The number of hydrogen-bond donors (Lipinski definition) is 1. The van der Waals surface area contributed by atoms with Crippen LogP contribution in [0.1, 0.15) is 5.56 Å². The third-order valence-corrected chi connectivity index (χ3v) is 6.51. The number of nitrogens with one attached hydrogen (secondary N) is 1. The predicted octanol–water partition coefficient (Wildman–Crippen LogP) is 5.75. The molecule has 0 saturated carbocycles. The molecule has 0 atom stereocenters. The Hall–Kier alpha value is -3.30. The lowest BCUT2D eigenvalue weighted by atomic mass is 10.2. The molecule has 0 aliphatic rings. The number of nitrogens with zero attached hydrogens (tertiary/aromatic N) is 3. The average molecular weight is 539 g/mol. The summed E-state index contributed by atoms with van der Waals surface area (Å²) >= 11 is 4.76. The number of aryl methyl sites for hydroxylation is 1. The van der Waals surface area contributed by atoms with Crippen LogP contribution in [0.4, 0.5) is 5.69 Å². The number of carbonyl (C=O) groups is 1. The van der Waals surface area contributed by atoms with Crippen molar-refractivity contribution in [3.63, 3.8) is 0 Å². The molecule has 0 aliphatic carbocycles. The Morgan fingerprint density at radius 3 is 2.47 bits per heavy atom. The third-order valence-electron chi connectivity index (χ3n) is 5.09. The number of halogens is 1. The molecule has 7 nitrogen and oxygen atoms in total. The van der Waals surface area contributed by atoms with Gasteiger partial charge in [0, 0.05) is 21.4 Å². The van der Waals surface area contributed by atoms with Crippen LogP contribution in [0.3, 0.4) is 0 Å². The SMILES string of the molecule is COc1ccc(-n2c(SCC(=O)Nc3ccc(Br)cc3C)nnc2-c2cccc(OC)c2)cc1. The largest absolute Gasteiger partial charge is 0.497 e. The second-order valence-electron chi connectivity index (χ2n) is 7.37. The topological polar surface area (TPSA) is 78.3 Å². The number of benzene rings is 3. The second kappa shape index (κ2) is 10.8. The van der Waals surface area contributed by atoms with Gasteiger partial charge in [-0.3, -0.25) is 9.36 Å². The Labute approximate surface area is 210 Å². The van der Waals surface area contributed by atoms with Gasteiger partial charge in [-0.15, -0.1) is 10.2 Å². The summed E-state index contributed by atoms with van der Waals surface area (Å²) in [4.78, 5) is 12.7. The Morgan fingerprint density at radius 2 is 1.76 bits per heavy atom. The predicted molar refractivity (Wildman–Crippen MR) is 138 cm³/mol. The molecule has 1 aromatic heterocycles. The first-order valence-electron chi connectivity index (χ1n) is 10.4. The molecule has 4 rings (SSSR count). The summed E-state index contributed by atoms with van der Waals surface area (Å²) < 4.78 is 13.6. The summed E-state index contributed by atoms with van der Waals surface area (Å²) in [5.74, 6) is 2.18. The lowest BCUT2D eigenvalue weighted by molar-refractivity contribution is -0.113. The first-order valence-corrected chi connectivity index (χ1v) is 12.2. The molecule has 0 spiro atoms. The first-order chi connectivity index (χ1) is 16.5. The van der Waals surface area contributed by atoms with Crippen molar-refractivity contribution >= 4 is 39.3 Å². The number of aromatic nitrogens is 3. The zero-order valence-electron chi connectivity index (χ0n) is 18.9. The fraction of sp³-hybridized carbons (Fsp3) is 0.160. The molecular formula is C25H23BrN4O3S. The molecule has 1 heterocycles. The van der Waals surface area contributed by atoms with Gasteiger partial charge in [0.05, 0.1) is 20.0 Å². The van der Waals surface area contributed by atoms with E-state index in [1.807, 2.05) is 78.2 Å². The standard InChI is InChI=1S/C25H23BrN4O3S/c1-16-13-18(26)7-12-22(16)27-23(31)15-34-25-29-28-24(17-5-4-6-21(14-17)33-3)30(25)19-8-10-20(32-2)11-9-19/h4-14H,15H2,1-3H3,(H,27,31). The molecule has 0 radical (unpaired) electrons. The summed E-state index contributed by atoms with van der Waals surface area (Å²) in [6.45, 7) is 1.95. The average Bonchev–Trinajstić information content (AvgIpc) is 3.28. The summed E-state index contributed by atoms with van der Waals surface area (Å²) in [5.41, 5.74) is 3.47. The lowest BCUT2D eigenvalue weighted by Gasteiger charge is -2.12. The van der Waals surface area contributed by atoms with Gasteiger partial charge in [0.15, 0.2) is 11.0 Å². The second-order valence-corrected chi connectivity index (χ2v) is 9.23. The molecule has 0 saturated heterocycles. The van der Waals surface area contributed by atoms with E-state index < -0.39 is 0 Å². The van der Waals surface area contributed by atoms with Gasteiger partial charge in [0.25, 0.3) is 0 Å². The molecule has 174 valence electrons. The van der Waals surface area contributed by atoms with Gasteiger partial charge < -0.3 is 14.8 Å². The fourth-order valence-electron chi connectivity index (χ4n) is 3.36. The number of anilines is 1. The van der Waals surface area contributed by atoms with Crippen molar-refractivity contribution in [2.24, 2.45) is 0 Å². The van der Waals surface area contributed by atoms with Crippen molar-refractivity contribution < 1.29 is 14.3 Å². The van der Waals surface area contributed by atoms with Gasteiger partial charge >= 0.3 is 0 Å². The van der Waals surface area contributed by atoms with Gasteiger partial charge in [-0.05, 0) is 67.1 Å². The van der Waals surface area contributed by atoms with Gasteiger partial charge in [0.1, 0.15) is 11.5 Å². The minimum Gasteiger partial charge on any atom is -0.497 e. The van der Waals surface area contributed by atoms with Crippen LogP contribution in [0, 0.1) is 6.92 Å². The molecule has 0 fully saturated rings. The molecule has 3 aromatic carbocycles. The highest BCUT2D eigenvalue weighted by Crippen LogP contribution is 2.30. The molecule has 1 amide bonds. The van der Waals surface area contributed by atoms with Crippen molar-refractivity contribution in [1.29, 1.82) is 0 Å². The summed E-state index contributed by atoms with van der Waals surface area (Å²) in [6.07, 6.45) is 0. The number of carbonyl (C=O) groups excluding carboxylic acids is 1. The minimum atomic E-state index is -0.123. The van der Waals surface area contributed by atoms with E-state index in [4.69, 9.17) is 9.47 Å². The number of hydrogen-bond acceptors (Lipinski definition) is 6. The Kier molecular flexibility index (Phi) is 7.54. The summed E-state index contributed by atoms with van der Waals surface area (Å²) in [6, 6.07) is 21.0. The molecule has 0 bridgehead atoms. The highest BCUT2D eigenvalue weighted by molar-refractivity contribution is 9.10. The third kappa shape index (κ3) is 5.43. The Morgan fingerprint density at radius 1 is 1.00 bits per heavy atom. The maximum atomic E-state index is 12.7. The number of methoxy groups -OCH3 is 2. The summed E-state index contributed by atoms with van der Waals surface area (Å²) in [7, 11) is 3.25. The highest BCUT2D eigenvalue weighted by Gasteiger charge is 2.18. The van der Waals surface area contributed by atoms with Crippen LogP contribution in [0.25, 0.3) is 17.1 Å². The Balaban J connectivity index is 1.62. The van der Waals surface area contributed by atoms with Crippen LogP contribution in [-0.2, 0) is 4.79 Å². The highest BCUT2D eigenvalue weighted by atomic mass is 79.9. The van der Waals surface area contributed by atoms with Gasteiger partial charge in [-0.1, -0.05) is 39.8 Å². The molecule has 34 heavy (non-hydrogen) atoms. The zero-order chi connectivity index (χ0) is 24.1. The molecule has 1 N–H and O–H groups in total. The van der Waals surface area contributed by atoms with E-state index in [9.17, 15) is 4.79 Å². The number of ether oxygens (including phenoxy) is 2. The van der Waals surface area contributed by atoms with E-state index in [-0.39, 0.29) is 11.7 Å². The molecule has 0 aliphatic heterocycles. The van der Waals surface area contributed by atoms with Gasteiger partial charge in [-0.25, -0.2) is 0 Å². The maximum Gasteiger partial charge on any atom is 0.234 e. The van der Waals surface area contributed by atoms with Crippen LogP contribution < -0.4 is 14.8 Å². The van der Waals surface area contributed by atoms with Crippen molar-refractivity contribution in [3.8, 4) is 28.6 Å². The lowest BCUT2D eigenvalue weighted by Crippen LogP contribution is -2.15. The van der Waals surface area contributed by atoms with Crippen LogP contribution >= 0.6 is 27.7 Å². The van der Waals surface area contributed by atoms with Crippen molar-refractivity contribution in [2.75, 3.05) is 25.3 Å². The van der Waals surface area contributed by atoms with E-state index >= 15 is 0 Å². The first kappa shape index (κ1) is 23.8. The maximum absolute atomic E-state index is 12.7. The van der Waals surface area contributed by atoms with Crippen LogP contribution in [0.2, 0.25) is 0 Å². The number of amides is 1. The van der Waals surface area contributed by atoms with Crippen LogP contribution in [0.5, 0.6) is 11.5 Å². The zero-order valence-corrected chi connectivity index (χ0v) is 21.3. The van der Waals surface area contributed by atoms with Crippen molar-refractivity contribution in [2.45, 2.75) is 12.1 Å². The minimum absolute atomic E-state index is 0.123. The molecule has 9 heteroatoms. The van der Waals surface area contributed by atoms with Crippen molar-refractivity contribution in [1.82, 2.24) is 14.8 Å². The van der Waals surface area contributed by atoms with Crippen molar-refractivity contribution in [3.05, 3.63) is 76.8 Å². The van der Waals surface area contributed by atoms with Crippen LogP contribution in [-0.4, -0.2) is 40.6 Å². The van der Waals surface area contributed by atoms with E-state index in [2.05, 4.69) is 31.4 Å².